The first kappa shape index (κ1) is 19.2. The third-order valence-electron chi connectivity index (χ3n) is 4.19. The van der Waals surface area contributed by atoms with Crippen LogP contribution in [0.2, 0.25) is 0 Å². The van der Waals surface area contributed by atoms with Gasteiger partial charge in [-0.2, -0.15) is 0 Å². The minimum Gasteiger partial charge on any atom is -0.388 e. The van der Waals surface area contributed by atoms with E-state index >= 15 is 0 Å². The summed E-state index contributed by atoms with van der Waals surface area (Å²) in [5, 5.41) is 20.5. The first-order valence-corrected chi connectivity index (χ1v) is 11.2. The van der Waals surface area contributed by atoms with E-state index in [0.29, 0.717) is 18.4 Å². The lowest BCUT2D eigenvalue weighted by molar-refractivity contribution is -0.0404. The van der Waals surface area contributed by atoms with Crippen molar-refractivity contribution in [2.75, 3.05) is 19.5 Å². The molecule has 0 spiro atoms. The van der Waals surface area contributed by atoms with Crippen molar-refractivity contribution in [2.45, 2.75) is 50.7 Å². The Balaban J connectivity index is 2.26. The van der Waals surface area contributed by atoms with Gasteiger partial charge in [0.05, 0.1) is 6.10 Å². The molecule has 2 heterocycles. The second kappa shape index (κ2) is 7.40. The third kappa shape index (κ3) is 4.28. The van der Waals surface area contributed by atoms with Gasteiger partial charge in [0, 0.05) is 11.8 Å². The number of ether oxygens (including phenoxy) is 1. The topological polar surface area (TPSA) is 105 Å². The predicted molar refractivity (Wildman–Crippen MR) is 96.6 cm³/mol. The zero-order valence-corrected chi connectivity index (χ0v) is 15.3. The van der Waals surface area contributed by atoms with Gasteiger partial charge in [-0.3, -0.25) is 14.3 Å². The number of nitrogens with zero attached hydrogens (tertiary/aromatic N) is 1. The Kier molecular flexibility index (Phi) is 5.91. The fourth-order valence-corrected chi connectivity index (χ4v) is 3.79. The van der Waals surface area contributed by atoms with Gasteiger partial charge >= 0.3 is 5.69 Å². The lowest BCUT2D eigenvalue weighted by Gasteiger charge is -2.19. The van der Waals surface area contributed by atoms with Crippen LogP contribution < -0.4 is 11.2 Å². The van der Waals surface area contributed by atoms with Gasteiger partial charge in [0.2, 0.25) is 0 Å². The molecule has 4 atom stereocenters. The van der Waals surface area contributed by atoms with E-state index < -0.39 is 42.7 Å². The molecule has 0 unspecified atom stereocenters. The molecule has 1 aliphatic rings. The molecule has 0 saturated carbocycles. The van der Waals surface area contributed by atoms with Crippen molar-refractivity contribution >= 4 is 13.2 Å². The number of aliphatic hydroxyl groups is 2. The fraction of sp³-hybridized carbons (Fsp3) is 0.688. The minimum absolute atomic E-state index is 0.425. The maximum Gasteiger partial charge on any atom is 0.330 e. The Hall–Kier alpha value is -1.14. The fourth-order valence-electron chi connectivity index (χ4n) is 2.84. The second-order valence-electron chi connectivity index (χ2n) is 7.07. The lowest BCUT2D eigenvalue weighted by atomic mass is 10.1. The first-order valence-electron chi connectivity index (χ1n) is 8.17. The molecule has 0 bridgehead atoms. The van der Waals surface area contributed by atoms with E-state index in [0.717, 1.165) is 12.6 Å². The van der Waals surface area contributed by atoms with Gasteiger partial charge in [-0.25, -0.2) is 4.79 Å². The molecule has 1 aliphatic heterocycles. The van der Waals surface area contributed by atoms with Gasteiger partial charge in [0.25, 0.3) is 5.56 Å². The Morgan fingerprint density at radius 2 is 2.00 bits per heavy atom. The molecule has 24 heavy (non-hydrogen) atoms. The Labute approximate surface area is 141 Å². The van der Waals surface area contributed by atoms with E-state index in [9.17, 15) is 19.8 Å². The number of hydrogen-bond donors (Lipinski definition) is 3. The molecule has 1 aromatic heterocycles. The molecule has 2 rings (SSSR count). The summed E-state index contributed by atoms with van der Waals surface area (Å²) in [5.41, 5.74) is -0.622. The van der Waals surface area contributed by atoms with Crippen molar-refractivity contribution in [3.05, 3.63) is 32.6 Å². The van der Waals surface area contributed by atoms with Crippen LogP contribution in [0.1, 0.15) is 31.6 Å². The number of hydrogen-bond acceptors (Lipinski definition) is 5. The van der Waals surface area contributed by atoms with Crippen molar-refractivity contribution in [2.24, 2.45) is 0 Å². The molecule has 1 aromatic rings. The van der Waals surface area contributed by atoms with Crippen LogP contribution in [0.4, 0.5) is 0 Å². The van der Waals surface area contributed by atoms with Gasteiger partial charge in [0.15, 0.2) is 6.23 Å². The summed E-state index contributed by atoms with van der Waals surface area (Å²) < 4.78 is 6.92. The largest absolute Gasteiger partial charge is 0.388 e. The third-order valence-corrected chi connectivity index (χ3v) is 5.66. The maximum atomic E-state index is 12.1. The van der Waals surface area contributed by atoms with E-state index in [4.69, 9.17) is 4.74 Å². The highest BCUT2D eigenvalue weighted by molar-refractivity contribution is 7.72. The molecular formula is C16H27N2O5P. The smallest absolute Gasteiger partial charge is 0.330 e. The van der Waals surface area contributed by atoms with Crippen LogP contribution in [0.3, 0.4) is 0 Å². The number of rotatable bonds is 6. The maximum absolute atomic E-state index is 12.1. The summed E-state index contributed by atoms with van der Waals surface area (Å²) in [7, 11) is 0. The van der Waals surface area contributed by atoms with Crippen LogP contribution in [0.15, 0.2) is 15.8 Å². The Morgan fingerprint density at radius 1 is 1.33 bits per heavy atom. The second-order valence-corrected chi connectivity index (χ2v) is 11.4. The molecule has 3 N–H and O–H groups in total. The number of aliphatic hydroxyl groups excluding tert-OH is 2. The van der Waals surface area contributed by atoms with Gasteiger partial charge in [-0.1, -0.05) is 13.3 Å². The number of aromatic nitrogens is 2. The molecular weight excluding hydrogens is 331 g/mol. The van der Waals surface area contributed by atoms with E-state index in [1.54, 1.807) is 0 Å². The summed E-state index contributed by atoms with van der Waals surface area (Å²) in [5.74, 6) is 0. The molecule has 0 radical (unpaired) electrons. The molecule has 0 aliphatic carbocycles. The zero-order valence-electron chi connectivity index (χ0n) is 14.4. The Bertz CT molecular complexity index is 735. The van der Waals surface area contributed by atoms with Crippen molar-refractivity contribution in [1.82, 2.24) is 9.55 Å². The van der Waals surface area contributed by atoms with E-state index in [1.165, 1.54) is 10.8 Å². The van der Waals surface area contributed by atoms with Crippen LogP contribution in [0.25, 0.3) is 0 Å². The molecule has 1 saturated heterocycles. The van der Waals surface area contributed by atoms with Crippen LogP contribution in [0, 0.1) is 0 Å². The number of aryl methyl sites for hydroxylation is 1. The summed E-state index contributed by atoms with van der Waals surface area (Å²) >= 11 is 0. The van der Waals surface area contributed by atoms with Crippen LogP contribution >= 0.6 is 6.89 Å². The van der Waals surface area contributed by atoms with Crippen molar-refractivity contribution in [1.29, 1.82) is 0 Å². The van der Waals surface area contributed by atoms with Gasteiger partial charge in [0.1, 0.15) is 12.2 Å². The number of aromatic amines is 1. The molecule has 0 aromatic carbocycles. The van der Waals surface area contributed by atoms with Crippen molar-refractivity contribution in [3.8, 4) is 0 Å². The molecule has 136 valence electrons. The minimum atomic E-state index is -1.28. The van der Waals surface area contributed by atoms with E-state index in [2.05, 4.69) is 24.6 Å². The van der Waals surface area contributed by atoms with E-state index in [1.807, 2.05) is 6.92 Å². The van der Waals surface area contributed by atoms with Gasteiger partial charge in [-0.05, 0) is 32.3 Å². The average Bonchev–Trinajstić information content (AvgIpc) is 2.75. The van der Waals surface area contributed by atoms with E-state index in [-0.39, 0.29) is 0 Å². The van der Waals surface area contributed by atoms with Crippen LogP contribution in [-0.2, 0) is 11.2 Å². The average molecular weight is 358 g/mol. The van der Waals surface area contributed by atoms with Gasteiger partial charge in [-0.15, -0.1) is 13.2 Å². The molecule has 7 nitrogen and oxygen atoms in total. The SMILES string of the molecule is C=P(C)(C)CC[C@H]1O[C@@H](n2cc(CCC)c(=O)[nH]c2=O)[C@H](O)[C@@H]1O. The van der Waals surface area contributed by atoms with Crippen LogP contribution in [-0.4, -0.2) is 63.9 Å². The summed E-state index contributed by atoms with van der Waals surface area (Å²) in [6.45, 7) is 4.83. The quantitative estimate of drug-likeness (QED) is 0.631. The first-order chi connectivity index (χ1) is 11.1. The molecule has 0 amide bonds. The predicted octanol–water partition coefficient (Wildman–Crippen LogP) is 0.208. The number of nitrogens with one attached hydrogen (secondary N) is 1. The Morgan fingerprint density at radius 3 is 2.58 bits per heavy atom. The normalized spacial score (nSPS) is 27.5. The monoisotopic (exact) mass is 358 g/mol. The van der Waals surface area contributed by atoms with Crippen molar-refractivity contribution < 1.29 is 14.9 Å². The molecule has 8 heteroatoms. The van der Waals surface area contributed by atoms with Crippen molar-refractivity contribution in [3.63, 3.8) is 0 Å². The standard InChI is InChI=1S/C16H27N2O5P/c1-5-6-10-9-18(16(22)17-14(10)21)15-13(20)12(19)11(23-15)7-8-24(2,3)4/h9,11-13,15,19-20H,2,5-8H2,1,3-4H3,(H,17,21,22)/t11-,12-,13-,15-/m1/s1. The lowest BCUT2D eigenvalue weighted by Crippen LogP contribution is -2.38. The highest BCUT2D eigenvalue weighted by Crippen LogP contribution is 2.39. The van der Waals surface area contributed by atoms with Gasteiger partial charge < -0.3 is 14.9 Å². The summed E-state index contributed by atoms with van der Waals surface area (Å²) in [4.78, 5) is 26.1. The highest BCUT2D eigenvalue weighted by atomic mass is 31.2. The highest BCUT2D eigenvalue weighted by Gasteiger charge is 2.43. The zero-order chi connectivity index (χ0) is 18.1. The van der Waals surface area contributed by atoms with Crippen LogP contribution in [0.5, 0.6) is 0 Å². The summed E-state index contributed by atoms with van der Waals surface area (Å²) in [6, 6.07) is 0. The molecule has 1 fully saturated rings. The number of H-pyrrole nitrogens is 1. The summed E-state index contributed by atoms with van der Waals surface area (Å²) in [6.07, 6.45) is 4.35.